The Kier molecular flexibility index (Phi) is 4.62. The third-order valence-corrected chi connectivity index (χ3v) is 3.56. The van der Waals surface area contributed by atoms with Crippen molar-refractivity contribution in [3.63, 3.8) is 0 Å². The SMILES string of the molecule is [N-]=[N+]=NCC[C@]1(CO)O[C@@H](n2ccc(=O)[nH]c2=O)[C@H](F)[C@@H]1O. The fourth-order valence-corrected chi connectivity index (χ4v) is 2.36. The van der Waals surface area contributed by atoms with E-state index in [2.05, 4.69) is 10.0 Å². The molecule has 0 unspecified atom stereocenters. The van der Waals surface area contributed by atoms with Gasteiger partial charge in [-0.2, -0.15) is 0 Å². The first-order chi connectivity index (χ1) is 10.4. The molecule has 1 aliphatic heterocycles. The smallest absolute Gasteiger partial charge is 0.330 e. The molecule has 2 rings (SSSR count). The van der Waals surface area contributed by atoms with Crippen LogP contribution in [0.1, 0.15) is 12.6 Å². The summed E-state index contributed by atoms with van der Waals surface area (Å²) in [5, 5.41) is 22.7. The number of rotatable bonds is 5. The second kappa shape index (κ2) is 6.28. The lowest BCUT2D eigenvalue weighted by Crippen LogP contribution is -2.46. The van der Waals surface area contributed by atoms with Crippen LogP contribution >= 0.6 is 0 Å². The number of alkyl halides is 1. The zero-order valence-corrected chi connectivity index (χ0v) is 11.3. The van der Waals surface area contributed by atoms with E-state index in [9.17, 15) is 24.2 Å². The van der Waals surface area contributed by atoms with Gasteiger partial charge in [-0.3, -0.25) is 14.3 Å². The van der Waals surface area contributed by atoms with E-state index in [1.807, 2.05) is 4.98 Å². The van der Waals surface area contributed by atoms with Crippen molar-refractivity contribution in [2.24, 2.45) is 5.11 Å². The molecule has 2 heterocycles. The van der Waals surface area contributed by atoms with Crippen LogP contribution in [0.15, 0.2) is 27.0 Å². The molecule has 11 heteroatoms. The molecule has 1 saturated heterocycles. The zero-order valence-electron chi connectivity index (χ0n) is 11.3. The van der Waals surface area contributed by atoms with E-state index in [1.54, 1.807) is 0 Å². The zero-order chi connectivity index (χ0) is 16.3. The van der Waals surface area contributed by atoms with Crippen molar-refractivity contribution in [1.29, 1.82) is 0 Å². The number of aliphatic hydroxyl groups is 2. The van der Waals surface area contributed by atoms with E-state index < -0.39 is 42.0 Å². The Balaban J connectivity index is 2.34. The van der Waals surface area contributed by atoms with E-state index in [1.165, 1.54) is 0 Å². The molecule has 1 aromatic rings. The summed E-state index contributed by atoms with van der Waals surface area (Å²) in [4.78, 5) is 27.2. The van der Waals surface area contributed by atoms with Crippen LogP contribution in [-0.4, -0.2) is 50.8 Å². The fourth-order valence-electron chi connectivity index (χ4n) is 2.36. The molecule has 0 radical (unpaired) electrons. The highest BCUT2D eigenvalue weighted by molar-refractivity contribution is 5.02. The number of nitrogens with one attached hydrogen (secondary N) is 1. The number of aromatic amines is 1. The van der Waals surface area contributed by atoms with Gasteiger partial charge in [-0.25, -0.2) is 9.18 Å². The highest BCUT2D eigenvalue weighted by atomic mass is 19.1. The number of halogens is 1. The molecule has 4 atom stereocenters. The average Bonchev–Trinajstić information content (AvgIpc) is 2.73. The molecule has 0 saturated carbocycles. The van der Waals surface area contributed by atoms with Crippen molar-refractivity contribution in [3.05, 3.63) is 43.5 Å². The summed E-state index contributed by atoms with van der Waals surface area (Å²) in [6.07, 6.45) is -4.36. The predicted octanol–water partition coefficient (Wildman–Crippen LogP) is -0.804. The molecule has 1 aliphatic rings. The number of hydrogen-bond acceptors (Lipinski definition) is 6. The lowest BCUT2D eigenvalue weighted by Gasteiger charge is -2.29. The Morgan fingerprint density at radius 2 is 2.32 bits per heavy atom. The van der Waals surface area contributed by atoms with Gasteiger partial charge in [-0.05, 0) is 12.0 Å². The van der Waals surface area contributed by atoms with Crippen LogP contribution < -0.4 is 11.2 Å². The quantitative estimate of drug-likeness (QED) is 0.368. The molecule has 0 bridgehead atoms. The summed E-state index contributed by atoms with van der Waals surface area (Å²) in [5.74, 6) is 0. The van der Waals surface area contributed by atoms with Gasteiger partial charge >= 0.3 is 5.69 Å². The summed E-state index contributed by atoms with van der Waals surface area (Å²) in [6, 6.07) is 1.00. The summed E-state index contributed by atoms with van der Waals surface area (Å²) >= 11 is 0. The van der Waals surface area contributed by atoms with E-state index in [-0.39, 0.29) is 13.0 Å². The summed E-state index contributed by atoms with van der Waals surface area (Å²) in [6.45, 7) is -0.863. The van der Waals surface area contributed by atoms with Crippen LogP contribution in [0.3, 0.4) is 0 Å². The molecule has 1 aromatic heterocycles. The molecule has 0 aliphatic carbocycles. The number of azide groups is 1. The predicted molar refractivity (Wildman–Crippen MR) is 70.8 cm³/mol. The van der Waals surface area contributed by atoms with E-state index in [0.717, 1.165) is 16.8 Å². The maximum Gasteiger partial charge on any atom is 0.330 e. The van der Waals surface area contributed by atoms with Gasteiger partial charge in [-0.1, -0.05) is 5.11 Å². The second-order valence-corrected chi connectivity index (χ2v) is 4.84. The molecule has 10 nitrogen and oxygen atoms in total. The molecule has 0 spiro atoms. The summed E-state index contributed by atoms with van der Waals surface area (Å²) in [7, 11) is 0. The number of hydrogen-bond donors (Lipinski definition) is 3. The van der Waals surface area contributed by atoms with Crippen LogP contribution in [0, 0.1) is 0 Å². The van der Waals surface area contributed by atoms with Gasteiger partial charge in [0.2, 0.25) is 0 Å². The number of ether oxygens (including phenoxy) is 1. The van der Waals surface area contributed by atoms with Gasteiger partial charge in [0.1, 0.15) is 11.7 Å². The Labute approximate surface area is 122 Å². The largest absolute Gasteiger partial charge is 0.393 e. The van der Waals surface area contributed by atoms with E-state index in [0.29, 0.717) is 0 Å². The molecule has 0 aromatic carbocycles. The van der Waals surface area contributed by atoms with Crippen molar-refractivity contribution in [2.45, 2.75) is 30.5 Å². The Hall–Kier alpha value is -2.20. The molecule has 22 heavy (non-hydrogen) atoms. The van der Waals surface area contributed by atoms with Crippen LogP contribution in [-0.2, 0) is 4.74 Å². The van der Waals surface area contributed by atoms with Gasteiger partial charge in [-0.15, -0.1) is 0 Å². The van der Waals surface area contributed by atoms with E-state index in [4.69, 9.17) is 10.3 Å². The minimum atomic E-state index is -2.01. The number of H-pyrrole nitrogens is 1. The van der Waals surface area contributed by atoms with Crippen LogP contribution in [0.4, 0.5) is 4.39 Å². The lowest BCUT2D eigenvalue weighted by atomic mass is 9.93. The third kappa shape index (κ3) is 2.74. The van der Waals surface area contributed by atoms with Crippen LogP contribution in [0.2, 0.25) is 0 Å². The maximum absolute atomic E-state index is 14.3. The first-order valence-electron chi connectivity index (χ1n) is 6.38. The van der Waals surface area contributed by atoms with Gasteiger partial charge in [0.15, 0.2) is 12.4 Å². The maximum atomic E-state index is 14.3. The van der Waals surface area contributed by atoms with Gasteiger partial charge in [0.25, 0.3) is 5.56 Å². The summed E-state index contributed by atoms with van der Waals surface area (Å²) in [5.41, 5.74) is 4.98. The molecular formula is C11H14FN5O5. The second-order valence-electron chi connectivity index (χ2n) is 4.84. The molecule has 120 valence electrons. The minimum absolute atomic E-state index is 0.131. The lowest BCUT2D eigenvalue weighted by molar-refractivity contribution is -0.131. The molecule has 0 amide bonds. The van der Waals surface area contributed by atoms with Crippen LogP contribution in [0.5, 0.6) is 0 Å². The number of nitrogens with zero attached hydrogens (tertiary/aromatic N) is 4. The average molecular weight is 315 g/mol. The first-order valence-corrected chi connectivity index (χ1v) is 6.38. The number of aromatic nitrogens is 2. The van der Waals surface area contributed by atoms with Gasteiger partial charge in [0, 0.05) is 23.7 Å². The molecule has 3 N–H and O–H groups in total. The highest BCUT2D eigenvalue weighted by Crippen LogP contribution is 2.40. The highest BCUT2D eigenvalue weighted by Gasteiger charge is 2.55. The van der Waals surface area contributed by atoms with E-state index >= 15 is 0 Å². The van der Waals surface area contributed by atoms with Crippen molar-refractivity contribution in [1.82, 2.24) is 9.55 Å². The monoisotopic (exact) mass is 315 g/mol. The Bertz CT molecular complexity index is 699. The topological polar surface area (TPSA) is 153 Å². The molecular weight excluding hydrogens is 301 g/mol. The third-order valence-electron chi connectivity index (χ3n) is 3.56. The van der Waals surface area contributed by atoms with Gasteiger partial charge < -0.3 is 14.9 Å². The minimum Gasteiger partial charge on any atom is -0.393 e. The fraction of sp³-hybridized carbons (Fsp3) is 0.636. The van der Waals surface area contributed by atoms with Gasteiger partial charge in [0.05, 0.1) is 6.61 Å². The summed E-state index contributed by atoms with van der Waals surface area (Å²) < 4.78 is 20.4. The first kappa shape index (κ1) is 16.2. The van der Waals surface area contributed by atoms with Crippen molar-refractivity contribution in [2.75, 3.05) is 13.2 Å². The Morgan fingerprint density at radius 3 is 2.91 bits per heavy atom. The van der Waals surface area contributed by atoms with Crippen molar-refractivity contribution in [3.8, 4) is 0 Å². The standard InChI is InChI=1S/C11H14FN5O5/c12-7-8(20)11(5-18,2-3-14-16-13)22-9(7)17-4-1-6(19)15-10(17)21/h1,4,7-9,18,20H,2-3,5H2,(H,15,19,21)/t7-,8+,9-,11-/m1/s1. The van der Waals surface area contributed by atoms with Crippen LogP contribution in [0.25, 0.3) is 10.4 Å². The molecule has 1 fully saturated rings. The Morgan fingerprint density at radius 1 is 1.59 bits per heavy atom. The normalized spacial score (nSPS) is 31.0. The van der Waals surface area contributed by atoms with Crippen molar-refractivity contribution < 1.29 is 19.3 Å². The van der Waals surface area contributed by atoms with Crippen molar-refractivity contribution >= 4 is 0 Å². The number of aliphatic hydroxyl groups excluding tert-OH is 2.